The molecule has 0 aliphatic heterocycles. The summed E-state index contributed by atoms with van der Waals surface area (Å²) in [7, 11) is -3.24. The normalized spacial score (nSPS) is 14.6. The van der Waals surface area contributed by atoms with Crippen LogP contribution >= 0.6 is 0 Å². The van der Waals surface area contributed by atoms with Crippen LogP contribution in [-0.2, 0) is 34.8 Å². The van der Waals surface area contributed by atoms with E-state index in [0.717, 1.165) is 19.1 Å². The predicted molar refractivity (Wildman–Crippen MR) is 120 cm³/mol. The van der Waals surface area contributed by atoms with E-state index in [1.807, 2.05) is 0 Å². The third-order valence-corrected chi connectivity index (χ3v) is 6.91. The molecule has 2 unspecified atom stereocenters. The van der Waals surface area contributed by atoms with Gasteiger partial charge in [-0.2, -0.15) is 21.6 Å². The summed E-state index contributed by atoms with van der Waals surface area (Å²) >= 11 is 0. The predicted octanol–water partition coefficient (Wildman–Crippen LogP) is 5.02. The van der Waals surface area contributed by atoms with Crippen molar-refractivity contribution < 1.29 is 44.8 Å². The van der Waals surface area contributed by atoms with Gasteiger partial charge in [0.25, 0.3) is 10.1 Å². The van der Waals surface area contributed by atoms with Crippen LogP contribution in [0.5, 0.6) is 5.75 Å². The van der Waals surface area contributed by atoms with E-state index >= 15 is 0 Å². The third kappa shape index (κ3) is 6.61. The van der Waals surface area contributed by atoms with Gasteiger partial charge >= 0.3 is 12.1 Å². The van der Waals surface area contributed by atoms with Gasteiger partial charge in [0.1, 0.15) is 17.6 Å². The number of esters is 1. The number of ketones is 1. The first-order valence-corrected chi connectivity index (χ1v) is 12.0. The van der Waals surface area contributed by atoms with Crippen LogP contribution in [0.4, 0.5) is 13.2 Å². The second-order valence-corrected chi connectivity index (χ2v) is 9.68. The minimum absolute atomic E-state index is 0.0445. The molecule has 0 spiro atoms. The highest BCUT2D eigenvalue weighted by Crippen LogP contribution is 2.34. The van der Waals surface area contributed by atoms with Gasteiger partial charge in [0.05, 0.1) is 24.2 Å². The van der Waals surface area contributed by atoms with E-state index in [1.54, 1.807) is 31.2 Å². The number of alkyl halides is 3. The number of hydrogen-bond donors (Lipinski definition) is 0. The van der Waals surface area contributed by atoms with Crippen molar-refractivity contribution in [3.63, 3.8) is 0 Å². The second-order valence-electron chi connectivity index (χ2n) is 8.06. The van der Waals surface area contributed by atoms with Gasteiger partial charge in [-0.3, -0.25) is 13.8 Å². The fraction of sp³-hybridized carbons (Fsp3) is 0.417. The van der Waals surface area contributed by atoms with Gasteiger partial charge in [-0.05, 0) is 68.7 Å². The largest absolute Gasteiger partial charge is 0.497 e. The molecule has 192 valence electrons. The van der Waals surface area contributed by atoms with Crippen molar-refractivity contribution in [3.05, 3.63) is 59.2 Å². The van der Waals surface area contributed by atoms with Crippen LogP contribution in [0.2, 0.25) is 0 Å². The van der Waals surface area contributed by atoms with Gasteiger partial charge in [0, 0.05) is 0 Å². The Morgan fingerprint density at radius 1 is 1.06 bits per heavy atom. The number of methoxy groups -OCH3 is 1. The minimum atomic E-state index is -4.77. The third-order valence-electron chi connectivity index (χ3n) is 5.66. The molecule has 0 aliphatic carbocycles. The van der Waals surface area contributed by atoms with Crippen molar-refractivity contribution in [2.45, 2.75) is 51.3 Å². The number of aryl methyl sites for hydroxylation is 1. The molecule has 2 aromatic carbocycles. The summed E-state index contributed by atoms with van der Waals surface area (Å²) in [5, 5.41) is 0. The highest BCUT2D eigenvalue weighted by atomic mass is 32.2. The number of ether oxygens (including phenoxy) is 2. The Kier molecular flexibility index (Phi) is 8.72. The lowest BCUT2D eigenvalue weighted by Gasteiger charge is -2.29. The van der Waals surface area contributed by atoms with Crippen LogP contribution in [0, 0.1) is 12.3 Å². The number of carbonyl (C=O) groups excluding carboxylic acids is 2. The van der Waals surface area contributed by atoms with Crippen LogP contribution in [0.1, 0.15) is 50.0 Å². The maximum atomic E-state index is 13.1. The summed E-state index contributed by atoms with van der Waals surface area (Å²) in [6.45, 7) is 4.52. The maximum absolute atomic E-state index is 13.1. The first-order chi connectivity index (χ1) is 16.2. The van der Waals surface area contributed by atoms with Crippen LogP contribution < -0.4 is 4.74 Å². The molecule has 2 rings (SSSR count). The average molecular weight is 517 g/mol. The fourth-order valence-corrected chi connectivity index (χ4v) is 4.41. The van der Waals surface area contributed by atoms with Gasteiger partial charge in [0.2, 0.25) is 0 Å². The molecule has 2 atom stereocenters. The second kappa shape index (κ2) is 10.8. The summed E-state index contributed by atoms with van der Waals surface area (Å²) in [4.78, 5) is 24.8. The van der Waals surface area contributed by atoms with Crippen LogP contribution in [0.3, 0.4) is 0 Å². The summed E-state index contributed by atoms with van der Waals surface area (Å²) in [5.74, 6) is -1.13. The summed E-state index contributed by atoms with van der Waals surface area (Å²) in [5.41, 5.74) is -2.51. The zero-order valence-corrected chi connectivity index (χ0v) is 20.7. The highest BCUT2D eigenvalue weighted by Gasteiger charge is 2.46. The Balaban J connectivity index is 2.29. The number of halogens is 3. The van der Waals surface area contributed by atoms with E-state index in [4.69, 9.17) is 13.7 Å². The molecule has 7 nitrogen and oxygen atoms in total. The zero-order chi connectivity index (χ0) is 26.6. The maximum Gasteiger partial charge on any atom is 0.416 e. The Morgan fingerprint density at radius 3 is 2.14 bits per heavy atom. The molecule has 0 bridgehead atoms. The van der Waals surface area contributed by atoms with E-state index in [0.29, 0.717) is 17.4 Å². The number of benzene rings is 2. The van der Waals surface area contributed by atoms with Crippen LogP contribution in [-0.4, -0.2) is 33.9 Å². The molecule has 11 heteroatoms. The lowest BCUT2D eigenvalue weighted by molar-refractivity contribution is -0.166. The van der Waals surface area contributed by atoms with Crippen molar-refractivity contribution in [1.82, 2.24) is 0 Å². The summed E-state index contributed by atoms with van der Waals surface area (Å²) in [6.07, 6.45) is -5.72. The molecule has 0 aliphatic rings. The molecule has 0 fully saturated rings. The number of Topliss-reactive ketones (excluding diaryl/α,β-unsaturated/α-hetero) is 1. The van der Waals surface area contributed by atoms with E-state index in [9.17, 15) is 31.2 Å². The van der Waals surface area contributed by atoms with Crippen molar-refractivity contribution >= 4 is 21.9 Å². The van der Waals surface area contributed by atoms with Gasteiger partial charge < -0.3 is 9.47 Å². The molecular formula is C24H27F3O7S. The number of carbonyl (C=O) groups is 2. The van der Waals surface area contributed by atoms with Crippen molar-refractivity contribution in [2.24, 2.45) is 5.41 Å². The van der Waals surface area contributed by atoms with E-state index in [1.165, 1.54) is 21.0 Å². The Labute approximate surface area is 202 Å². The van der Waals surface area contributed by atoms with Gasteiger partial charge in [-0.25, -0.2) is 0 Å². The average Bonchev–Trinajstić information content (AvgIpc) is 2.78. The highest BCUT2D eigenvalue weighted by molar-refractivity contribution is 7.86. The van der Waals surface area contributed by atoms with Crippen LogP contribution in [0.25, 0.3) is 0 Å². The topological polar surface area (TPSA) is 96.0 Å². The lowest BCUT2D eigenvalue weighted by atomic mass is 9.82. The van der Waals surface area contributed by atoms with Crippen molar-refractivity contribution in [2.75, 3.05) is 13.7 Å². The number of hydrogen-bond acceptors (Lipinski definition) is 7. The van der Waals surface area contributed by atoms with Gasteiger partial charge in [-0.15, -0.1) is 0 Å². The molecule has 0 heterocycles. The first kappa shape index (κ1) is 28.3. The molecule has 2 aromatic rings. The van der Waals surface area contributed by atoms with Gasteiger partial charge in [-0.1, -0.05) is 19.1 Å². The Morgan fingerprint density at radius 2 is 1.66 bits per heavy atom. The molecule has 0 amide bonds. The molecule has 35 heavy (non-hydrogen) atoms. The zero-order valence-electron chi connectivity index (χ0n) is 19.9. The monoisotopic (exact) mass is 516 g/mol. The molecule has 0 radical (unpaired) electrons. The minimum Gasteiger partial charge on any atom is -0.497 e. The number of rotatable bonds is 10. The summed E-state index contributed by atoms with van der Waals surface area (Å²) in [6, 6.07) is 8.88. The van der Waals surface area contributed by atoms with E-state index in [2.05, 4.69) is 0 Å². The van der Waals surface area contributed by atoms with E-state index in [-0.39, 0.29) is 12.0 Å². The Hall–Kier alpha value is -2.92. The molecular weight excluding hydrogens is 489 g/mol. The van der Waals surface area contributed by atoms with Crippen molar-refractivity contribution in [1.29, 1.82) is 0 Å². The van der Waals surface area contributed by atoms with E-state index < -0.39 is 56.6 Å². The lowest BCUT2D eigenvalue weighted by Crippen LogP contribution is -2.44. The Bertz CT molecular complexity index is 1170. The van der Waals surface area contributed by atoms with Gasteiger partial charge in [0.15, 0.2) is 5.41 Å². The standard InChI is InChI=1S/C24H27F3O7S/c1-6-23(17(4)28,22(29)34-16(3)18-7-9-20(32-5)10-8-18)14-33-35(30,31)21-12-15(2)11-19(13-21)24(25,26)27/h7-13,16H,6,14H2,1-5H3. The smallest absolute Gasteiger partial charge is 0.416 e. The molecule has 0 saturated heterocycles. The van der Waals surface area contributed by atoms with Crippen LogP contribution in [0.15, 0.2) is 47.4 Å². The molecule has 0 saturated carbocycles. The first-order valence-electron chi connectivity index (χ1n) is 10.6. The fourth-order valence-electron chi connectivity index (χ4n) is 3.32. The molecule has 0 N–H and O–H groups in total. The molecule has 0 aromatic heterocycles. The summed E-state index contributed by atoms with van der Waals surface area (Å²) < 4.78 is 80.3. The van der Waals surface area contributed by atoms with Crippen molar-refractivity contribution in [3.8, 4) is 5.75 Å². The quantitative estimate of drug-likeness (QED) is 0.249. The SMILES string of the molecule is CCC(COS(=O)(=O)c1cc(C)cc(C(F)(F)F)c1)(C(C)=O)C(=O)OC(C)c1ccc(OC)cc1.